The predicted molar refractivity (Wildman–Crippen MR) is 99.5 cm³/mol. The summed E-state index contributed by atoms with van der Waals surface area (Å²) in [6.07, 6.45) is 0.974. The maximum absolute atomic E-state index is 12.3. The number of aryl methyl sites for hydroxylation is 1. The highest BCUT2D eigenvalue weighted by Crippen LogP contribution is 2.26. The van der Waals surface area contributed by atoms with Crippen molar-refractivity contribution in [3.05, 3.63) is 60.2 Å². The molecular formula is C19H19N3O2S. The number of thioether (sulfide) groups is 1. The molecular weight excluding hydrogens is 334 g/mol. The van der Waals surface area contributed by atoms with Gasteiger partial charge in [0.1, 0.15) is 0 Å². The fourth-order valence-corrected chi connectivity index (χ4v) is 2.91. The highest BCUT2D eigenvalue weighted by atomic mass is 32.2. The van der Waals surface area contributed by atoms with Gasteiger partial charge in [-0.05, 0) is 43.2 Å². The summed E-state index contributed by atoms with van der Waals surface area (Å²) >= 11 is 1.24. The molecule has 0 unspecified atom stereocenters. The van der Waals surface area contributed by atoms with E-state index in [9.17, 15) is 4.79 Å². The zero-order chi connectivity index (χ0) is 17.6. The van der Waals surface area contributed by atoms with E-state index in [1.807, 2.05) is 61.5 Å². The Balaban J connectivity index is 1.60. The molecule has 0 fully saturated rings. The molecule has 0 aliphatic carbocycles. The minimum atomic E-state index is -0.352. The number of nitrogens with one attached hydrogen (secondary N) is 1. The molecule has 5 nitrogen and oxygen atoms in total. The predicted octanol–water partition coefficient (Wildman–Crippen LogP) is 4.42. The standard InChI is InChI=1S/C19H19N3O2S/c1-3-14-9-11-16(12-10-14)20-17(23)13(2)25-19-22-21-18(24-19)15-7-5-4-6-8-15/h4-13H,3H2,1-2H3,(H,20,23)/t13-/m1/s1. The Labute approximate surface area is 150 Å². The van der Waals surface area contributed by atoms with Crippen LogP contribution in [0.2, 0.25) is 0 Å². The van der Waals surface area contributed by atoms with Crippen molar-refractivity contribution in [3.63, 3.8) is 0 Å². The largest absolute Gasteiger partial charge is 0.411 e. The molecule has 6 heteroatoms. The summed E-state index contributed by atoms with van der Waals surface area (Å²) in [6, 6.07) is 17.4. The summed E-state index contributed by atoms with van der Waals surface area (Å²) in [6.45, 7) is 3.91. The molecule has 2 aromatic carbocycles. The second kappa shape index (κ2) is 7.98. The monoisotopic (exact) mass is 353 g/mol. The third kappa shape index (κ3) is 4.48. The summed E-state index contributed by atoms with van der Waals surface area (Å²) < 4.78 is 5.63. The Morgan fingerprint density at radius 2 is 1.84 bits per heavy atom. The number of aromatic nitrogens is 2. The highest BCUT2D eigenvalue weighted by Gasteiger charge is 2.18. The van der Waals surface area contributed by atoms with Gasteiger partial charge in [-0.3, -0.25) is 4.79 Å². The van der Waals surface area contributed by atoms with Crippen molar-refractivity contribution >= 4 is 23.4 Å². The number of amides is 1. The molecule has 1 aromatic heterocycles. The van der Waals surface area contributed by atoms with Gasteiger partial charge < -0.3 is 9.73 Å². The number of benzene rings is 2. The zero-order valence-corrected chi connectivity index (χ0v) is 14.9. The number of carbonyl (C=O) groups excluding carboxylic acids is 1. The van der Waals surface area contributed by atoms with Crippen molar-refractivity contribution in [1.29, 1.82) is 0 Å². The van der Waals surface area contributed by atoms with E-state index < -0.39 is 0 Å². The van der Waals surface area contributed by atoms with Crippen LogP contribution in [0, 0.1) is 0 Å². The highest BCUT2D eigenvalue weighted by molar-refractivity contribution is 8.00. The fourth-order valence-electron chi connectivity index (χ4n) is 2.23. The Hall–Kier alpha value is -2.60. The lowest BCUT2D eigenvalue weighted by molar-refractivity contribution is -0.115. The molecule has 0 aliphatic heterocycles. The van der Waals surface area contributed by atoms with E-state index in [0.717, 1.165) is 17.7 Å². The molecule has 0 saturated carbocycles. The van der Waals surface area contributed by atoms with Crippen LogP contribution in [-0.2, 0) is 11.2 Å². The first-order valence-corrected chi connectivity index (χ1v) is 8.99. The third-order valence-electron chi connectivity index (χ3n) is 3.70. The first-order chi connectivity index (χ1) is 12.2. The van der Waals surface area contributed by atoms with Crippen LogP contribution in [0.4, 0.5) is 5.69 Å². The van der Waals surface area contributed by atoms with Gasteiger partial charge in [-0.25, -0.2) is 0 Å². The van der Waals surface area contributed by atoms with Crippen molar-refractivity contribution < 1.29 is 9.21 Å². The quantitative estimate of drug-likeness (QED) is 0.665. The van der Waals surface area contributed by atoms with Crippen molar-refractivity contribution in [3.8, 4) is 11.5 Å². The second-order valence-corrected chi connectivity index (χ2v) is 6.83. The van der Waals surface area contributed by atoms with Crippen LogP contribution in [0.5, 0.6) is 0 Å². The summed E-state index contributed by atoms with van der Waals surface area (Å²) in [5.74, 6) is 0.347. The Bertz CT molecular complexity index is 831. The first-order valence-electron chi connectivity index (χ1n) is 8.11. The van der Waals surface area contributed by atoms with E-state index in [2.05, 4.69) is 22.4 Å². The third-order valence-corrected chi connectivity index (χ3v) is 4.64. The average molecular weight is 353 g/mol. The molecule has 0 aliphatic rings. The van der Waals surface area contributed by atoms with Crippen molar-refractivity contribution in [2.45, 2.75) is 30.7 Å². The lowest BCUT2D eigenvalue weighted by Gasteiger charge is -2.10. The molecule has 25 heavy (non-hydrogen) atoms. The van der Waals surface area contributed by atoms with Gasteiger partial charge in [0.2, 0.25) is 11.8 Å². The molecule has 128 valence electrons. The molecule has 1 heterocycles. The van der Waals surface area contributed by atoms with Gasteiger partial charge in [0.15, 0.2) is 0 Å². The molecule has 3 aromatic rings. The zero-order valence-electron chi connectivity index (χ0n) is 14.1. The Kier molecular flexibility index (Phi) is 5.50. The van der Waals surface area contributed by atoms with Crippen LogP contribution in [-0.4, -0.2) is 21.4 Å². The fraction of sp³-hybridized carbons (Fsp3) is 0.211. The second-order valence-electron chi connectivity index (χ2n) is 5.54. The molecule has 0 radical (unpaired) electrons. The molecule has 1 atom stereocenters. The summed E-state index contributed by atoms with van der Waals surface area (Å²) in [4.78, 5) is 12.3. The van der Waals surface area contributed by atoms with Crippen LogP contribution < -0.4 is 5.32 Å². The van der Waals surface area contributed by atoms with Gasteiger partial charge in [-0.1, -0.05) is 49.0 Å². The van der Waals surface area contributed by atoms with E-state index in [0.29, 0.717) is 11.1 Å². The topological polar surface area (TPSA) is 68.0 Å². The maximum atomic E-state index is 12.3. The number of hydrogen-bond acceptors (Lipinski definition) is 5. The number of rotatable bonds is 6. The van der Waals surface area contributed by atoms with Crippen molar-refractivity contribution in [2.24, 2.45) is 0 Å². The maximum Gasteiger partial charge on any atom is 0.277 e. The molecule has 1 amide bonds. The summed E-state index contributed by atoms with van der Waals surface area (Å²) in [5, 5.41) is 11.0. The lowest BCUT2D eigenvalue weighted by atomic mass is 10.1. The van der Waals surface area contributed by atoms with Crippen molar-refractivity contribution in [1.82, 2.24) is 10.2 Å². The number of hydrogen-bond donors (Lipinski definition) is 1. The van der Waals surface area contributed by atoms with Gasteiger partial charge in [-0.15, -0.1) is 10.2 Å². The van der Waals surface area contributed by atoms with Crippen LogP contribution in [0.15, 0.2) is 64.2 Å². The molecule has 0 saturated heterocycles. The molecule has 3 rings (SSSR count). The number of carbonyl (C=O) groups is 1. The normalized spacial score (nSPS) is 11.9. The number of nitrogens with zero attached hydrogens (tertiary/aromatic N) is 2. The van der Waals surface area contributed by atoms with E-state index in [1.165, 1.54) is 17.3 Å². The molecule has 0 bridgehead atoms. The van der Waals surface area contributed by atoms with E-state index in [4.69, 9.17) is 4.42 Å². The van der Waals surface area contributed by atoms with Gasteiger partial charge in [0, 0.05) is 11.3 Å². The van der Waals surface area contributed by atoms with E-state index >= 15 is 0 Å². The lowest BCUT2D eigenvalue weighted by Crippen LogP contribution is -2.22. The minimum Gasteiger partial charge on any atom is -0.411 e. The van der Waals surface area contributed by atoms with Crippen LogP contribution in [0.3, 0.4) is 0 Å². The SMILES string of the molecule is CCc1ccc(NC(=O)[C@@H](C)Sc2nnc(-c3ccccc3)o2)cc1. The van der Waals surface area contributed by atoms with Gasteiger partial charge >= 0.3 is 0 Å². The van der Waals surface area contributed by atoms with Gasteiger partial charge in [0.05, 0.1) is 5.25 Å². The first kappa shape index (κ1) is 17.2. The van der Waals surface area contributed by atoms with E-state index in [1.54, 1.807) is 0 Å². The minimum absolute atomic E-state index is 0.103. The van der Waals surface area contributed by atoms with Crippen molar-refractivity contribution in [2.75, 3.05) is 5.32 Å². The average Bonchev–Trinajstić information content (AvgIpc) is 3.11. The van der Waals surface area contributed by atoms with Crippen LogP contribution in [0.1, 0.15) is 19.4 Å². The van der Waals surface area contributed by atoms with E-state index in [-0.39, 0.29) is 11.2 Å². The Morgan fingerprint density at radius 3 is 2.52 bits per heavy atom. The summed E-state index contributed by atoms with van der Waals surface area (Å²) in [5.41, 5.74) is 2.87. The number of anilines is 1. The molecule has 1 N–H and O–H groups in total. The van der Waals surface area contributed by atoms with Gasteiger partial charge in [0.25, 0.3) is 5.22 Å². The van der Waals surface area contributed by atoms with Gasteiger partial charge in [-0.2, -0.15) is 0 Å². The Morgan fingerprint density at radius 1 is 1.12 bits per heavy atom. The van der Waals surface area contributed by atoms with Crippen LogP contribution in [0.25, 0.3) is 11.5 Å². The molecule has 0 spiro atoms. The smallest absolute Gasteiger partial charge is 0.277 e. The van der Waals surface area contributed by atoms with Crippen LogP contribution >= 0.6 is 11.8 Å². The summed E-state index contributed by atoms with van der Waals surface area (Å²) in [7, 11) is 0.